The van der Waals surface area contributed by atoms with Gasteiger partial charge in [0, 0.05) is 13.1 Å². The molecule has 1 saturated heterocycles. The molecule has 4 nitrogen and oxygen atoms in total. The topological polar surface area (TPSA) is 57.6 Å². The van der Waals surface area contributed by atoms with Crippen molar-refractivity contribution in [3.05, 3.63) is 48.0 Å². The first-order valence-electron chi connectivity index (χ1n) is 8.20. The van der Waals surface area contributed by atoms with E-state index in [2.05, 4.69) is 0 Å². The maximum Gasteiger partial charge on any atom is 0.416 e. The Labute approximate surface area is 149 Å². The standard InChI is InChI=1S/C18H18F3NO3S/c19-18(20,21)15-10-14(11-16(23)12-15)13-4-6-17(7-5-13)26(24,25)22-8-2-1-3-9-22/h4-7,10-12,23H,1-3,8-9H2. The summed E-state index contributed by atoms with van der Waals surface area (Å²) in [5.74, 6) is -0.500. The number of aromatic hydroxyl groups is 1. The van der Waals surface area contributed by atoms with Crippen molar-refractivity contribution < 1.29 is 26.7 Å². The molecule has 2 aromatic rings. The third kappa shape index (κ3) is 3.86. The molecular formula is C18H18F3NO3S. The summed E-state index contributed by atoms with van der Waals surface area (Å²) in [6, 6.07) is 8.46. The number of nitrogens with zero attached hydrogens (tertiary/aromatic N) is 1. The number of halogens is 3. The first-order valence-corrected chi connectivity index (χ1v) is 9.64. The lowest BCUT2D eigenvalue weighted by Gasteiger charge is -2.25. The van der Waals surface area contributed by atoms with Crippen molar-refractivity contribution in [2.45, 2.75) is 30.3 Å². The smallest absolute Gasteiger partial charge is 0.416 e. The molecule has 0 aromatic heterocycles. The van der Waals surface area contributed by atoms with Gasteiger partial charge in [0.2, 0.25) is 10.0 Å². The van der Waals surface area contributed by atoms with Crippen LogP contribution >= 0.6 is 0 Å². The summed E-state index contributed by atoms with van der Waals surface area (Å²) in [6.07, 6.45) is -1.93. The van der Waals surface area contributed by atoms with Gasteiger partial charge in [0.15, 0.2) is 0 Å². The quantitative estimate of drug-likeness (QED) is 0.859. The molecular weight excluding hydrogens is 367 g/mol. The van der Waals surface area contributed by atoms with Gasteiger partial charge >= 0.3 is 6.18 Å². The summed E-state index contributed by atoms with van der Waals surface area (Å²) in [5, 5.41) is 9.57. The lowest BCUT2D eigenvalue weighted by Crippen LogP contribution is -2.35. The summed E-state index contributed by atoms with van der Waals surface area (Å²) in [4.78, 5) is 0.111. The van der Waals surface area contributed by atoms with Crippen molar-refractivity contribution >= 4 is 10.0 Å². The molecule has 1 aliphatic heterocycles. The van der Waals surface area contributed by atoms with Gasteiger partial charge < -0.3 is 5.11 Å². The fraction of sp³-hybridized carbons (Fsp3) is 0.333. The molecule has 0 saturated carbocycles. The second-order valence-corrected chi connectivity index (χ2v) is 8.19. The van der Waals surface area contributed by atoms with Crippen LogP contribution in [0, 0.1) is 0 Å². The van der Waals surface area contributed by atoms with Crippen LogP contribution in [0.1, 0.15) is 24.8 Å². The van der Waals surface area contributed by atoms with E-state index in [-0.39, 0.29) is 10.5 Å². The predicted molar refractivity (Wildman–Crippen MR) is 91.2 cm³/mol. The molecule has 1 N–H and O–H groups in total. The van der Waals surface area contributed by atoms with Crippen molar-refractivity contribution in [3.63, 3.8) is 0 Å². The molecule has 2 aromatic carbocycles. The molecule has 0 amide bonds. The largest absolute Gasteiger partial charge is 0.508 e. The van der Waals surface area contributed by atoms with Gasteiger partial charge in [-0.25, -0.2) is 8.42 Å². The van der Waals surface area contributed by atoms with Crippen LogP contribution in [0.25, 0.3) is 11.1 Å². The van der Waals surface area contributed by atoms with Crippen LogP contribution in [-0.2, 0) is 16.2 Å². The predicted octanol–water partition coefficient (Wildman–Crippen LogP) is 4.25. The molecule has 1 aliphatic rings. The molecule has 0 spiro atoms. The lowest BCUT2D eigenvalue weighted by molar-refractivity contribution is -0.137. The Morgan fingerprint density at radius 1 is 0.885 bits per heavy atom. The van der Waals surface area contributed by atoms with Crippen LogP contribution in [0.4, 0.5) is 13.2 Å². The molecule has 26 heavy (non-hydrogen) atoms. The zero-order valence-corrected chi connectivity index (χ0v) is 14.6. The maximum atomic E-state index is 12.9. The molecule has 1 heterocycles. The Bertz CT molecular complexity index is 887. The third-order valence-corrected chi connectivity index (χ3v) is 6.30. The van der Waals surface area contributed by atoms with Gasteiger partial charge in [-0.05, 0) is 54.3 Å². The first-order chi connectivity index (χ1) is 12.2. The Morgan fingerprint density at radius 3 is 2.08 bits per heavy atom. The van der Waals surface area contributed by atoms with Gasteiger partial charge in [-0.15, -0.1) is 0 Å². The van der Waals surface area contributed by atoms with Crippen molar-refractivity contribution in [2.24, 2.45) is 0 Å². The van der Waals surface area contributed by atoms with Crippen LogP contribution in [0.15, 0.2) is 47.4 Å². The summed E-state index contributed by atoms with van der Waals surface area (Å²) in [7, 11) is -3.60. The Balaban J connectivity index is 1.92. The minimum absolute atomic E-state index is 0.111. The molecule has 140 valence electrons. The second kappa shape index (κ2) is 6.92. The van der Waals surface area contributed by atoms with Crippen LogP contribution in [0.5, 0.6) is 5.75 Å². The molecule has 0 unspecified atom stereocenters. The average molecular weight is 385 g/mol. The molecule has 0 atom stereocenters. The minimum atomic E-state index is -4.58. The fourth-order valence-corrected chi connectivity index (χ4v) is 4.53. The maximum absolute atomic E-state index is 12.9. The number of piperidine rings is 1. The summed E-state index contributed by atoms with van der Waals surface area (Å²) < 4.78 is 65.3. The number of phenols is 1. The zero-order chi connectivity index (χ0) is 18.9. The van der Waals surface area contributed by atoms with E-state index in [9.17, 15) is 26.7 Å². The van der Waals surface area contributed by atoms with Gasteiger partial charge in [-0.3, -0.25) is 0 Å². The zero-order valence-electron chi connectivity index (χ0n) is 13.8. The first kappa shape index (κ1) is 18.7. The van der Waals surface area contributed by atoms with Crippen LogP contribution < -0.4 is 0 Å². The van der Waals surface area contributed by atoms with Crippen molar-refractivity contribution in [2.75, 3.05) is 13.1 Å². The molecule has 1 fully saturated rings. The lowest BCUT2D eigenvalue weighted by atomic mass is 10.0. The van der Waals surface area contributed by atoms with E-state index in [0.29, 0.717) is 24.7 Å². The van der Waals surface area contributed by atoms with E-state index in [1.54, 1.807) is 0 Å². The van der Waals surface area contributed by atoms with Crippen molar-refractivity contribution in [1.82, 2.24) is 4.31 Å². The number of sulfonamides is 1. The molecule has 0 radical (unpaired) electrons. The highest BCUT2D eigenvalue weighted by Crippen LogP contribution is 2.35. The van der Waals surface area contributed by atoms with E-state index >= 15 is 0 Å². The van der Waals surface area contributed by atoms with Gasteiger partial charge in [-0.2, -0.15) is 17.5 Å². The molecule has 3 rings (SSSR count). The van der Waals surface area contributed by atoms with Gasteiger partial charge in [-0.1, -0.05) is 18.6 Å². The highest BCUT2D eigenvalue weighted by Gasteiger charge is 2.31. The summed E-state index contributed by atoms with van der Waals surface area (Å²) >= 11 is 0. The number of phenolic OH excluding ortho intramolecular Hbond substituents is 1. The third-order valence-electron chi connectivity index (χ3n) is 4.39. The molecule has 8 heteroatoms. The minimum Gasteiger partial charge on any atom is -0.508 e. The van der Waals surface area contributed by atoms with Crippen molar-refractivity contribution in [3.8, 4) is 16.9 Å². The Hall–Kier alpha value is -2.06. The van der Waals surface area contributed by atoms with E-state index in [1.165, 1.54) is 34.6 Å². The Morgan fingerprint density at radius 2 is 1.50 bits per heavy atom. The normalized spacial score (nSPS) is 16.6. The number of hydrogen-bond acceptors (Lipinski definition) is 3. The fourth-order valence-electron chi connectivity index (χ4n) is 3.02. The number of benzene rings is 2. The van der Waals surface area contributed by atoms with E-state index in [4.69, 9.17) is 0 Å². The molecule has 0 bridgehead atoms. The van der Waals surface area contributed by atoms with E-state index in [0.717, 1.165) is 25.3 Å². The highest BCUT2D eigenvalue weighted by atomic mass is 32.2. The van der Waals surface area contributed by atoms with Crippen LogP contribution in [0.3, 0.4) is 0 Å². The van der Waals surface area contributed by atoms with Gasteiger partial charge in [0.1, 0.15) is 5.75 Å². The van der Waals surface area contributed by atoms with Crippen LogP contribution in [0.2, 0.25) is 0 Å². The average Bonchev–Trinajstić information content (AvgIpc) is 2.61. The number of alkyl halides is 3. The van der Waals surface area contributed by atoms with Gasteiger partial charge in [0.05, 0.1) is 10.5 Å². The van der Waals surface area contributed by atoms with Crippen LogP contribution in [-0.4, -0.2) is 30.9 Å². The van der Waals surface area contributed by atoms with Gasteiger partial charge in [0.25, 0.3) is 0 Å². The number of rotatable bonds is 3. The summed E-state index contributed by atoms with van der Waals surface area (Å²) in [5.41, 5.74) is -0.402. The second-order valence-electron chi connectivity index (χ2n) is 6.26. The molecule has 0 aliphatic carbocycles. The van der Waals surface area contributed by atoms with Crippen molar-refractivity contribution in [1.29, 1.82) is 0 Å². The SMILES string of the molecule is O=S(=O)(c1ccc(-c2cc(O)cc(C(F)(F)F)c2)cc1)N1CCCCC1. The Kier molecular flexibility index (Phi) is 4.98. The monoisotopic (exact) mass is 385 g/mol. The number of hydrogen-bond donors (Lipinski definition) is 1. The van der Waals surface area contributed by atoms with E-state index in [1.807, 2.05) is 0 Å². The summed E-state index contributed by atoms with van der Waals surface area (Å²) in [6.45, 7) is 0.956. The van der Waals surface area contributed by atoms with E-state index < -0.39 is 27.5 Å². The highest BCUT2D eigenvalue weighted by molar-refractivity contribution is 7.89.